The molecule has 2 heterocycles. The lowest BCUT2D eigenvalue weighted by Gasteiger charge is -2.44. The van der Waals surface area contributed by atoms with E-state index in [9.17, 15) is 14.0 Å². The highest BCUT2D eigenvalue weighted by Gasteiger charge is 2.52. The van der Waals surface area contributed by atoms with Crippen LogP contribution in [0.2, 0.25) is 5.02 Å². The molecule has 0 radical (unpaired) electrons. The van der Waals surface area contributed by atoms with Crippen LogP contribution < -0.4 is 0 Å². The minimum absolute atomic E-state index is 0.0270. The van der Waals surface area contributed by atoms with Crippen molar-refractivity contribution in [2.45, 2.75) is 96.1 Å². The van der Waals surface area contributed by atoms with Gasteiger partial charge in [0.1, 0.15) is 11.6 Å². The zero-order valence-electron chi connectivity index (χ0n) is 26.9. The zero-order chi connectivity index (χ0) is 31.6. The van der Waals surface area contributed by atoms with Crippen molar-refractivity contribution < 1.29 is 18.4 Å². The minimum atomic E-state index is -0.611. The third-order valence-corrected chi connectivity index (χ3v) is 11.4. The Morgan fingerprint density at radius 2 is 1.65 bits per heavy atom. The maximum absolute atomic E-state index is 15.0. The number of carbonyl (C=O) groups excluding carboxylic acids is 2. The Bertz CT molecular complexity index is 1430. The van der Waals surface area contributed by atoms with Crippen LogP contribution in [-0.4, -0.2) is 70.8 Å². The van der Waals surface area contributed by atoms with E-state index in [4.69, 9.17) is 11.6 Å². The highest BCUT2D eigenvalue weighted by Crippen LogP contribution is 2.57. The lowest BCUT2D eigenvalue weighted by molar-refractivity contribution is -0.138. The third-order valence-electron chi connectivity index (χ3n) is 11.0. The van der Waals surface area contributed by atoms with Crippen molar-refractivity contribution in [3.63, 3.8) is 0 Å². The number of likely N-dealkylation sites (tertiary alicyclic amines) is 2. The van der Waals surface area contributed by atoms with Crippen LogP contribution in [0, 0.1) is 24.5 Å². The Kier molecular flexibility index (Phi) is 8.26. The van der Waals surface area contributed by atoms with Crippen molar-refractivity contribution in [1.29, 1.82) is 0 Å². The molecule has 0 unspecified atom stereocenters. The molecule has 2 saturated heterocycles. The number of fused-ring (bicyclic) bond motifs is 2. The lowest BCUT2D eigenvalue weighted by Crippen LogP contribution is -2.50. The molecule has 0 bridgehead atoms. The van der Waals surface area contributed by atoms with Gasteiger partial charge < -0.3 is 9.80 Å². The topological polar surface area (TPSA) is 43.9 Å². The predicted molar refractivity (Wildman–Crippen MR) is 167 cm³/mol. The molecule has 2 amide bonds. The molecule has 2 aromatic carbocycles. The van der Waals surface area contributed by atoms with Gasteiger partial charge >= 0.3 is 0 Å². The summed E-state index contributed by atoms with van der Waals surface area (Å²) in [5, 5.41) is 0.735. The molecule has 1 spiro atoms. The first-order valence-corrected chi connectivity index (χ1v) is 15.9. The van der Waals surface area contributed by atoms with Gasteiger partial charge in [0.2, 0.25) is 11.8 Å². The molecule has 3 aliphatic rings. The number of aryl methyl sites for hydroxylation is 1. The van der Waals surface area contributed by atoms with E-state index >= 15 is 4.39 Å². The number of benzene rings is 2. The van der Waals surface area contributed by atoms with E-state index in [2.05, 4.69) is 51.7 Å². The summed E-state index contributed by atoms with van der Waals surface area (Å²) in [7, 11) is 1.87. The number of halogens is 3. The van der Waals surface area contributed by atoms with Crippen LogP contribution in [0.5, 0.6) is 0 Å². The number of carbonyl (C=O) groups is 2. The number of hydrogen-bond donors (Lipinski definition) is 0. The molecular formula is C35H46ClF2N3O2. The van der Waals surface area contributed by atoms with Crippen molar-refractivity contribution >= 4 is 23.4 Å². The maximum Gasteiger partial charge on any atom is 0.227 e. The second-order valence-corrected chi connectivity index (χ2v) is 15.1. The van der Waals surface area contributed by atoms with Gasteiger partial charge in [-0.1, -0.05) is 23.7 Å². The molecule has 1 aliphatic carbocycles. The smallest absolute Gasteiger partial charge is 0.227 e. The Hall–Kier alpha value is -2.51. The highest BCUT2D eigenvalue weighted by molar-refractivity contribution is 6.31. The first-order chi connectivity index (χ1) is 20.0. The third kappa shape index (κ3) is 5.61. The Morgan fingerprint density at radius 3 is 2.23 bits per heavy atom. The van der Waals surface area contributed by atoms with Crippen LogP contribution in [-0.2, 0) is 15.0 Å². The fourth-order valence-corrected chi connectivity index (χ4v) is 8.08. The summed E-state index contributed by atoms with van der Waals surface area (Å²) in [5.41, 5.74) is 3.24. The molecule has 234 valence electrons. The van der Waals surface area contributed by atoms with Crippen LogP contribution in [0.1, 0.15) is 94.9 Å². The summed E-state index contributed by atoms with van der Waals surface area (Å²) in [6.07, 6.45) is 2.52. The summed E-state index contributed by atoms with van der Waals surface area (Å²) in [4.78, 5) is 32.7. The fourth-order valence-electron chi connectivity index (χ4n) is 7.91. The molecule has 0 aromatic heterocycles. The number of piperidine rings is 1. The number of amides is 2. The lowest BCUT2D eigenvalue weighted by atomic mass is 9.71. The normalized spacial score (nSPS) is 24.0. The quantitative estimate of drug-likeness (QED) is 0.371. The molecule has 5 nitrogen and oxygen atoms in total. The second-order valence-electron chi connectivity index (χ2n) is 14.7. The summed E-state index contributed by atoms with van der Waals surface area (Å²) in [6, 6.07) is 8.05. The summed E-state index contributed by atoms with van der Waals surface area (Å²) >= 11 is 6.66. The molecule has 43 heavy (non-hydrogen) atoms. The Morgan fingerprint density at radius 1 is 1.00 bits per heavy atom. The molecule has 2 fully saturated rings. The van der Waals surface area contributed by atoms with Crippen molar-refractivity contribution in [2.75, 3.05) is 33.2 Å². The van der Waals surface area contributed by atoms with Gasteiger partial charge in [0.15, 0.2) is 0 Å². The van der Waals surface area contributed by atoms with Gasteiger partial charge in [0.25, 0.3) is 0 Å². The van der Waals surface area contributed by atoms with E-state index in [1.165, 1.54) is 23.3 Å². The molecule has 3 atom stereocenters. The van der Waals surface area contributed by atoms with Crippen LogP contribution in [0.15, 0.2) is 30.3 Å². The molecule has 0 saturated carbocycles. The first-order valence-electron chi connectivity index (χ1n) is 15.5. The van der Waals surface area contributed by atoms with E-state index in [0.717, 1.165) is 35.9 Å². The molecule has 2 aromatic rings. The first kappa shape index (κ1) is 31.9. The van der Waals surface area contributed by atoms with Gasteiger partial charge in [0.05, 0.1) is 5.92 Å². The molecule has 0 N–H and O–H groups in total. The molecular weight excluding hydrogens is 568 g/mol. The van der Waals surface area contributed by atoms with Crippen molar-refractivity contribution in [3.05, 3.63) is 69.2 Å². The largest absolute Gasteiger partial charge is 0.342 e. The van der Waals surface area contributed by atoms with Crippen molar-refractivity contribution in [2.24, 2.45) is 5.92 Å². The van der Waals surface area contributed by atoms with Gasteiger partial charge in [-0.2, -0.15) is 0 Å². The van der Waals surface area contributed by atoms with Crippen LogP contribution in [0.4, 0.5) is 8.78 Å². The van der Waals surface area contributed by atoms with Gasteiger partial charge in [-0.15, -0.1) is 0 Å². The van der Waals surface area contributed by atoms with E-state index in [-0.39, 0.29) is 34.6 Å². The number of hydrogen-bond acceptors (Lipinski definition) is 3. The molecule has 5 rings (SSSR count). The van der Waals surface area contributed by atoms with Crippen molar-refractivity contribution in [3.8, 4) is 0 Å². The van der Waals surface area contributed by atoms with E-state index < -0.39 is 23.1 Å². The van der Waals surface area contributed by atoms with Gasteiger partial charge in [-0.25, -0.2) is 8.78 Å². The number of rotatable bonds is 4. The maximum atomic E-state index is 15.0. The average Bonchev–Trinajstić information content (AvgIpc) is 3.50. The van der Waals surface area contributed by atoms with Crippen LogP contribution >= 0.6 is 11.6 Å². The van der Waals surface area contributed by atoms with Gasteiger partial charge in [0, 0.05) is 74.2 Å². The van der Waals surface area contributed by atoms with E-state index in [1.54, 1.807) is 6.92 Å². The number of likely N-dealkylation sites (N-methyl/N-ethyl adjacent to an activating group) is 1. The Balaban J connectivity index is 1.42. The molecule has 2 aliphatic heterocycles. The SMILES string of the molecule is CC(=O)N(C)C(C)(C)[C@@H]1CC2(CCN(C(=O)[C@@H]3CN(C(C)(C)C)C[C@H]3c3ccc(F)cc3F)CC2)c2cc(C)c(Cl)cc21. The number of nitrogens with zero attached hydrogens (tertiary/aromatic N) is 3. The zero-order valence-corrected chi connectivity index (χ0v) is 27.6. The second kappa shape index (κ2) is 11.1. The summed E-state index contributed by atoms with van der Waals surface area (Å²) in [5.74, 6) is -1.75. The van der Waals surface area contributed by atoms with Crippen LogP contribution in [0.3, 0.4) is 0 Å². The van der Waals surface area contributed by atoms with Crippen molar-refractivity contribution in [1.82, 2.24) is 14.7 Å². The van der Waals surface area contributed by atoms with Gasteiger partial charge in [-0.3, -0.25) is 14.5 Å². The van der Waals surface area contributed by atoms with Gasteiger partial charge in [-0.05, 0) is 101 Å². The summed E-state index contributed by atoms with van der Waals surface area (Å²) in [6.45, 7) is 16.5. The summed E-state index contributed by atoms with van der Waals surface area (Å²) < 4.78 is 28.8. The molecule has 8 heteroatoms. The highest BCUT2D eigenvalue weighted by atomic mass is 35.5. The average molecular weight is 614 g/mol. The van der Waals surface area contributed by atoms with E-state index in [0.29, 0.717) is 31.7 Å². The standard InChI is InChI=1S/C35H46ClF2N3O2/c1-21-15-28-25(17-30(21)36)29(34(6,7)39(8)22(2)42)18-35(28)11-13-40(14-12-35)32(43)27-20-41(33(3,4)5)19-26(27)24-10-9-23(37)16-31(24)38/h9-10,15-17,26-27,29H,11-14,18-20H2,1-8H3/t26-,27+,29+/m0/s1. The monoisotopic (exact) mass is 613 g/mol. The van der Waals surface area contributed by atoms with E-state index in [1.807, 2.05) is 23.8 Å². The predicted octanol–water partition coefficient (Wildman–Crippen LogP) is 7.05. The fraction of sp³-hybridized carbons (Fsp3) is 0.600. The van der Waals surface area contributed by atoms with Crippen LogP contribution in [0.25, 0.3) is 0 Å². The minimum Gasteiger partial charge on any atom is -0.342 e. The Labute approximate surface area is 260 Å².